The van der Waals surface area contributed by atoms with Crippen molar-refractivity contribution in [2.75, 3.05) is 59.4 Å². The van der Waals surface area contributed by atoms with E-state index in [2.05, 4.69) is 20.9 Å². The number of amides is 1. The number of likely N-dealkylation sites (tertiary alicyclic amines) is 2. The maximum Gasteiger partial charge on any atom is 0.254 e. The van der Waals surface area contributed by atoms with Crippen LogP contribution in [-0.2, 0) is 12.0 Å². The molecule has 2 saturated heterocycles. The van der Waals surface area contributed by atoms with Gasteiger partial charge in [-0.1, -0.05) is 18.2 Å². The molecule has 1 unspecified atom stereocenters. The van der Waals surface area contributed by atoms with Crippen LogP contribution in [0.2, 0.25) is 0 Å². The minimum Gasteiger partial charge on any atom is -0.493 e. The number of rotatable bonds is 12. The van der Waals surface area contributed by atoms with Gasteiger partial charge in [0.05, 0.1) is 44.9 Å². The number of aromatic nitrogens is 2. The van der Waals surface area contributed by atoms with E-state index >= 15 is 0 Å². The highest BCUT2D eigenvalue weighted by Gasteiger charge is 2.42. The first kappa shape index (κ1) is 34.0. The Labute approximate surface area is 285 Å². The summed E-state index contributed by atoms with van der Waals surface area (Å²) in [6, 6.07) is 17.8. The molecule has 0 radical (unpaired) electrons. The van der Waals surface area contributed by atoms with Crippen LogP contribution in [0.5, 0.6) is 17.2 Å². The molecule has 4 aromatic rings. The van der Waals surface area contributed by atoms with Crippen molar-refractivity contribution in [1.29, 1.82) is 5.26 Å². The van der Waals surface area contributed by atoms with E-state index < -0.39 is 17.0 Å². The van der Waals surface area contributed by atoms with Crippen molar-refractivity contribution < 1.29 is 27.8 Å². The largest absolute Gasteiger partial charge is 0.493 e. The second-order valence-corrected chi connectivity index (χ2v) is 12.8. The summed E-state index contributed by atoms with van der Waals surface area (Å²) in [5.74, 6) is -0.0267. The number of halogens is 2. The molecule has 12 heteroatoms. The number of hydrogen-bond donors (Lipinski definition) is 1. The number of benzene rings is 3. The summed E-state index contributed by atoms with van der Waals surface area (Å²) >= 11 is 0. The summed E-state index contributed by atoms with van der Waals surface area (Å²) in [7, 11) is 4.51. The lowest BCUT2D eigenvalue weighted by Gasteiger charge is -2.36. The predicted octanol–water partition coefficient (Wildman–Crippen LogP) is 6.00. The molecule has 3 heterocycles. The summed E-state index contributed by atoms with van der Waals surface area (Å²) in [4.78, 5) is 22.8. The molecule has 0 saturated carbocycles. The third-order valence-corrected chi connectivity index (χ3v) is 10.0. The number of imidazole rings is 1. The van der Waals surface area contributed by atoms with Gasteiger partial charge in [0.25, 0.3) is 5.91 Å². The number of carbonyl (C=O) groups is 1. The van der Waals surface area contributed by atoms with E-state index in [-0.39, 0.29) is 11.9 Å². The Balaban J connectivity index is 1.15. The zero-order valence-electron chi connectivity index (χ0n) is 28.2. The van der Waals surface area contributed by atoms with Crippen molar-refractivity contribution in [2.24, 2.45) is 0 Å². The number of methoxy groups -OCH3 is 3. The average Bonchev–Trinajstić information content (AvgIpc) is 3.72. The highest BCUT2D eigenvalue weighted by Crippen LogP contribution is 2.42. The molecule has 1 atom stereocenters. The fraction of sp³-hybridized carbons (Fsp3) is 0.432. The number of anilines is 1. The summed E-state index contributed by atoms with van der Waals surface area (Å²) in [6.07, 6.45) is 3.51. The number of fused-ring (bicyclic) bond motifs is 1. The topological polar surface area (TPSA) is 105 Å². The van der Waals surface area contributed by atoms with Gasteiger partial charge >= 0.3 is 0 Å². The zero-order valence-corrected chi connectivity index (χ0v) is 28.2. The molecule has 0 aliphatic carbocycles. The standard InChI is InChI=1S/C37H42F2N6O4/c1-47-32-21-25(22-33(48-2)34(32)49-3)35(46)44-20-14-37(24-44,26-9-10-28(38)29(39)23-26)13-19-43-17-11-27(12-18-43)41-36-42-30-7-4-5-8-31(30)45(36)16-6-15-40/h4-5,7-10,21-23,27H,6,11-14,16-20,24H2,1-3H3,(H,41,42). The Kier molecular flexibility index (Phi) is 10.2. The van der Waals surface area contributed by atoms with Crippen molar-refractivity contribution in [3.63, 3.8) is 0 Å². The maximum absolute atomic E-state index is 14.6. The maximum atomic E-state index is 14.6. The van der Waals surface area contributed by atoms with E-state index in [0.29, 0.717) is 67.3 Å². The molecule has 6 rings (SSSR count). The second kappa shape index (κ2) is 14.7. The molecule has 0 spiro atoms. The monoisotopic (exact) mass is 672 g/mol. The van der Waals surface area contributed by atoms with Crippen LogP contribution in [-0.4, -0.2) is 85.4 Å². The molecule has 258 valence electrons. The molecule has 1 N–H and O–H groups in total. The predicted molar refractivity (Wildman–Crippen MR) is 182 cm³/mol. The summed E-state index contributed by atoms with van der Waals surface area (Å²) in [6.45, 7) is 3.87. The SMILES string of the molecule is COc1cc(C(=O)N2CCC(CCN3CCC(Nc4nc5ccccc5n4CCC#N)CC3)(c3ccc(F)c(F)c3)C2)cc(OC)c1OC. The van der Waals surface area contributed by atoms with Crippen LogP contribution in [0.3, 0.4) is 0 Å². The number of nitriles is 1. The average molecular weight is 673 g/mol. The molecule has 2 aliphatic heterocycles. The van der Waals surface area contributed by atoms with E-state index in [1.54, 1.807) is 23.1 Å². The highest BCUT2D eigenvalue weighted by molar-refractivity contribution is 5.96. The summed E-state index contributed by atoms with van der Waals surface area (Å²) in [5, 5.41) is 12.8. The molecule has 2 fully saturated rings. The van der Waals surface area contributed by atoms with Crippen LogP contribution < -0.4 is 19.5 Å². The van der Waals surface area contributed by atoms with Crippen LogP contribution >= 0.6 is 0 Å². The number of hydrogen-bond acceptors (Lipinski definition) is 8. The van der Waals surface area contributed by atoms with E-state index in [1.165, 1.54) is 33.5 Å². The van der Waals surface area contributed by atoms with Crippen LogP contribution in [0.4, 0.5) is 14.7 Å². The zero-order chi connectivity index (χ0) is 34.5. The fourth-order valence-electron chi connectivity index (χ4n) is 7.27. The minimum atomic E-state index is -0.891. The molecule has 0 bridgehead atoms. The fourth-order valence-corrected chi connectivity index (χ4v) is 7.27. The van der Waals surface area contributed by atoms with Crippen molar-refractivity contribution in [2.45, 2.75) is 50.1 Å². The Bertz CT molecular complexity index is 1830. The normalized spacial score (nSPS) is 18.4. The second-order valence-electron chi connectivity index (χ2n) is 12.8. The number of carbonyl (C=O) groups excluding carboxylic acids is 1. The first-order valence-corrected chi connectivity index (χ1v) is 16.6. The van der Waals surface area contributed by atoms with Crippen LogP contribution in [0, 0.1) is 23.0 Å². The molecule has 3 aromatic carbocycles. The minimum absolute atomic E-state index is 0.198. The molecule has 49 heavy (non-hydrogen) atoms. The molecule has 1 aromatic heterocycles. The van der Waals surface area contributed by atoms with Gasteiger partial charge in [-0.15, -0.1) is 0 Å². The van der Waals surface area contributed by atoms with Crippen LogP contribution in [0.1, 0.15) is 48.0 Å². The van der Waals surface area contributed by atoms with Gasteiger partial charge in [-0.25, -0.2) is 13.8 Å². The smallest absolute Gasteiger partial charge is 0.254 e. The first-order valence-electron chi connectivity index (χ1n) is 16.6. The van der Waals surface area contributed by atoms with Crippen LogP contribution in [0.15, 0.2) is 54.6 Å². The van der Waals surface area contributed by atoms with Gasteiger partial charge in [0.1, 0.15) is 0 Å². The Hall–Kier alpha value is -4.89. The molecular weight excluding hydrogens is 630 g/mol. The number of para-hydroxylation sites is 2. The number of nitrogens with one attached hydrogen (secondary N) is 1. The molecular formula is C37H42F2N6O4. The van der Waals surface area contributed by atoms with Gasteiger partial charge in [0.15, 0.2) is 23.1 Å². The van der Waals surface area contributed by atoms with Gasteiger partial charge in [0.2, 0.25) is 11.7 Å². The van der Waals surface area contributed by atoms with Crippen molar-refractivity contribution >= 4 is 22.9 Å². The van der Waals surface area contributed by atoms with Crippen molar-refractivity contribution in [1.82, 2.24) is 19.4 Å². The first-order chi connectivity index (χ1) is 23.8. The summed E-state index contributed by atoms with van der Waals surface area (Å²) < 4.78 is 47.1. The Morgan fingerprint density at radius 1 is 0.980 bits per heavy atom. The van der Waals surface area contributed by atoms with Gasteiger partial charge in [0, 0.05) is 49.7 Å². The Morgan fingerprint density at radius 3 is 2.39 bits per heavy atom. The highest BCUT2D eigenvalue weighted by atomic mass is 19.2. The third kappa shape index (κ3) is 6.99. The lowest BCUT2D eigenvalue weighted by atomic mass is 9.76. The molecule has 2 aliphatic rings. The lowest BCUT2D eigenvalue weighted by Crippen LogP contribution is -2.42. The quantitative estimate of drug-likeness (QED) is 0.195. The van der Waals surface area contributed by atoms with E-state index in [1.807, 2.05) is 24.3 Å². The van der Waals surface area contributed by atoms with Gasteiger partial charge in [-0.2, -0.15) is 5.26 Å². The number of aryl methyl sites for hydroxylation is 1. The van der Waals surface area contributed by atoms with Gasteiger partial charge in [-0.3, -0.25) is 4.79 Å². The van der Waals surface area contributed by atoms with Crippen molar-refractivity contribution in [3.8, 4) is 23.3 Å². The summed E-state index contributed by atoms with van der Waals surface area (Å²) in [5.41, 5.74) is 2.45. The van der Waals surface area contributed by atoms with Gasteiger partial charge in [-0.05, 0) is 74.2 Å². The van der Waals surface area contributed by atoms with Crippen molar-refractivity contribution in [3.05, 3.63) is 77.4 Å². The molecule has 1 amide bonds. The number of nitrogens with zero attached hydrogens (tertiary/aromatic N) is 5. The van der Waals surface area contributed by atoms with E-state index in [9.17, 15) is 18.8 Å². The van der Waals surface area contributed by atoms with E-state index in [0.717, 1.165) is 49.5 Å². The third-order valence-electron chi connectivity index (χ3n) is 10.0. The number of ether oxygens (including phenoxy) is 3. The van der Waals surface area contributed by atoms with Crippen LogP contribution in [0.25, 0.3) is 11.0 Å². The lowest BCUT2D eigenvalue weighted by molar-refractivity contribution is 0.0779. The number of piperidine rings is 1. The van der Waals surface area contributed by atoms with E-state index in [4.69, 9.17) is 19.2 Å². The van der Waals surface area contributed by atoms with Gasteiger partial charge < -0.3 is 33.9 Å². The Morgan fingerprint density at radius 2 is 1.71 bits per heavy atom. The molecule has 10 nitrogen and oxygen atoms in total.